The maximum Gasteiger partial charge on any atom is 0.164 e. The second kappa shape index (κ2) is 3.33. The third-order valence-electron chi connectivity index (χ3n) is 2.50. The molecule has 0 atom stereocenters. The van der Waals surface area contributed by atoms with E-state index in [-0.39, 0.29) is 11.2 Å². The van der Waals surface area contributed by atoms with E-state index in [9.17, 15) is 4.79 Å². The number of Topliss-reactive ketones (excluding diaryl/α,β-unsaturated/α-hetero) is 1. The summed E-state index contributed by atoms with van der Waals surface area (Å²) in [6.45, 7) is 9.80. The molecule has 0 amide bonds. The zero-order valence-corrected chi connectivity index (χ0v) is 8.55. The Morgan fingerprint density at radius 2 is 2.08 bits per heavy atom. The van der Waals surface area contributed by atoms with Gasteiger partial charge in [-0.25, -0.2) is 0 Å². The molecule has 1 rings (SSSR count). The Morgan fingerprint density at radius 1 is 1.46 bits per heavy atom. The Labute approximate surface area is 79.8 Å². The summed E-state index contributed by atoms with van der Waals surface area (Å²) in [5.74, 6) is 0.234. The van der Waals surface area contributed by atoms with Gasteiger partial charge in [-0.1, -0.05) is 38.7 Å². The molecule has 1 saturated carbocycles. The van der Waals surface area contributed by atoms with Crippen LogP contribution in [0.1, 0.15) is 27.2 Å². The highest BCUT2D eigenvalue weighted by Crippen LogP contribution is 2.43. The number of rotatable bonds is 1. The van der Waals surface area contributed by atoms with Crippen LogP contribution in [0.4, 0.5) is 0 Å². The number of hydrogen-bond acceptors (Lipinski definition) is 1. The van der Waals surface area contributed by atoms with E-state index < -0.39 is 0 Å². The van der Waals surface area contributed by atoms with Crippen LogP contribution in [0.15, 0.2) is 36.0 Å². The SMILES string of the molecule is C=C/C=C1/C(=O)CC(C)(C)/C1=C/C. The molecule has 13 heavy (non-hydrogen) atoms. The quantitative estimate of drug-likeness (QED) is 0.561. The topological polar surface area (TPSA) is 17.1 Å². The van der Waals surface area contributed by atoms with Crippen molar-refractivity contribution in [2.45, 2.75) is 27.2 Å². The Hall–Kier alpha value is -1.11. The fraction of sp³-hybridized carbons (Fsp3) is 0.417. The van der Waals surface area contributed by atoms with Gasteiger partial charge in [-0.2, -0.15) is 0 Å². The molecule has 1 nitrogen and oxygen atoms in total. The van der Waals surface area contributed by atoms with Crippen LogP contribution in [-0.2, 0) is 4.79 Å². The Kier molecular flexibility index (Phi) is 2.55. The first-order chi connectivity index (χ1) is 6.03. The number of ketones is 1. The van der Waals surface area contributed by atoms with Crippen LogP contribution in [0, 0.1) is 5.41 Å². The lowest BCUT2D eigenvalue weighted by atomic mass is 9.86. The molecule has 1 heteroatoms. The maximum absolute atomic E-state index is 11.6. The van der Waals surface area contributed by atoms with Crippen LogP contribution in [-0.4, -0.2) is 5.78 Å². The smallest absolute Gasteiger partial charge is 0.164 e. The Balaban J connectivity index is 3.20. The summed E-state index contributed by atoms with van der Waals surface area (Å²) in [6, 6.07) is 0. The first kappa shape index (κ1) is 9.97. The van der Waals surface area contributed by atoms with Crippen molar-refractivity contribution in [3.05, 3.63) is 36.0 Å². The molecule has 1 aliphatic rings. The van der Waals surface area contributed by atoms with Crippen molar-refractivity contribution in [1.82, 2.24) is 0 Å². The van der Waals surface area contributed by atoms with E-state index in [1.165, 1.54) is 0 Å². The van der Waals surface area contributed by atoms with Crippen molar-refractivity contribution >= 4 is 5.78 Å². The monoisotopic (exact) mass is 176 g/mol. The molecule has 0 aromatic rings. The summed E-state index contributed by atoms with van der Waals surface area (Å²) >= 11 is 0. The molecule has 1 aliphatic carbocycles. The lowest BCUT2D eigenvalue weighted by Gasteiger charge is -2.17. The third-order valence-corrected chi connectivity index (χ3v) is 2.50. The molecule has 1 fully saturated rings. The number of allylic oxidation sites excluding steroid dienone is 5. The summed E-state index contributed by atoms with van der Waals surface area (Å²) in [4.78, 5) is 11.6. The second-order valence-corrected chi connectivity index (χ2v) is 4.00. The molecule has 0 spiro atoms. The van der Waals surface area contributed by atoms with Crippen molar-refractivity contribution in [1.29, 1.82) is 0 Å². The van der Waals surface area contributed by atoms with Crippen molar-refractivity contribution < 1.29 is 4.79 Å². The summed E-state index contributed by atoms with van der Waals surface area (Å²) in [5.41, 5.74) is 1.99. The van der Waals surface area contributed by atoms with E-state index in [1.807, 2.05) is 19.1 Å². The molecule has 70 valence electrons. The van der Waals surface area contributed by atoms with E-state index in [4.69, 9.17) is 0 Å². The van der Waals surface area contributed by atoms with Crippen LogP contribution >= 0.6 is 0 Å². The third kappa shape index (κ3) is 1.64. The van der Waals surface area contributed by atoms with Gasteiger partial charge in [0.15, 0.2) is 5.78 Å². The Bertz CT molecular complexity index is 303. The van der Waals surface area contributed by atoms with Gasteiger partial charge in [-0.15, -0.1) is 0 Å². The summed E-state index contributed by atoms with van der Waals surface area (Å²) in [6.07, 6.45) is 6.14. The largest absolute Gasteiger partial charge is 0.294 e. The van der Waals surface area contributed by atoms with Gasteiger partial charge in [-0.05, 0) is 17.9 Å². The van der Waals surface area contributed by atoms with Gasteiger partial charge in [0.2, 0.25) is 0 Å². The highest BCUT2D eigenvalue weighted by atomic mass is 16.1. The zero-order chi connectivity index (χ0) is 10.1. The van der Waals surface area contributed by atoms with Gasteiger partial charge in [0.1, 0.15) is 0 Å². The minimum absolute atomic E-state index is 0.000671. The summed E-state index contributed by atoms with van der Waals surface area (Å²) in [7, 11) is 0. The average Bonchev–Trinajstić information content (AvgIpc) is 2.22. The molecule has 0 saturated heterocycles. The minimum Gasteiger partial charge on any atom is -0.294 e. The fourth-order valence-corrected chi connectivity index (χ4v) is 1.95. The lowest BCUT2D eigenvalue weighted by Crippen LogP contribution is -2.07. The normalized spacial score (nSPS) is 27.2. The first-order valence-corrected chi connectivity index (χ1v) is 4.56. The van der Waals surface area contributed by atoms with Crippen LogP contribution in [0.25, 0.3) is 0 Å². The maximum atomic E-state index is 11.6. The van der Waals surface area contributed by atoms with Gasteiger partial charge < -0.3 is 0 Å². The van der Waals surface area contributed by atoms with E-state index in [1.54, 1.807) is 6.08 Å². The van der Waals surface area contributed by atoms with Gasteiger partial charge >= 0.3 is 0 Å². The molecule has 0 unspecified atom stereocenters. The standard InChI is InChI=1S/C12H16O/c1-5-7-9-10(6-2)12(3,4)8-11(9)13/h5-7H,1,8H2,2-4H3/b9-7+,10-6+. The minimum atomic E-state index is 0.000671. The predicted molar refractivity (Wildman–Crippen MR) is 55.4 cm³/mol. The zero-order valence-electron chi connectivity index (χ0n) is 8.55. The summed E-state index contributed by atoms with van der Waals surface area (Å²) in [5, 5.41) is 0. The van der Waals surface area contributed by atoms with E-state index in [0.29, 0.717) is 6.42 Å². The predicted octanol–water partition coefficient (Wildman–Crippen LogP) is 3.04. The van der Waals surface area contributed by atoms with Crippen LogP contribution in [0.2, 0.25) is 0 Å². The first-order valence-electron chi connectivity index (χ1n) is 4.56. The molecular weight excluding hydrogens is 160 g/mol. The van der Waals surface area contributed by atoms with Crippen LogP contribution < -0.4 is 0 Å². The molecule has 0 aliphatic heterocycles. The van der Waals surface area contributed by atoms with Crippen LogP contribution in [0.3, 0.4) is 0 Å². The molecule has 0 aromatic carbocycles. The summed E-state index contributed by atoms with van der Waals surface area (Å²) < 4.78 is 0. The van der Waals surface area contributed by atoms with Gasteiger partial charge in [0.25, 0.3) is 0 Å². The molecular formula is C12H16O. The molecule has 0 aromatic heterocycles. The van der Waals surface area contributed by atoms with Crippen molar-refractivity contribution in [3.8, 4) is 0 Å². The second-order valence-electron chi connectivity index (χ2n) is 4.00. The van der Waals surface area contributed by atoms with Gasteiger partial charge in [-0.3, -0.25) is 4.79 Å². The molecule has 0 heterocycles. The fourth-order valence-electron chi connectivity index (χ4n) is 1.95. The number of hydrogen-bond donors (Lipinski definition) is 0. The van der Waals surface area contributed by atoms with Crippen molar-refractivity contribution in [3.63, 3.8) is 0 Å². The highest BCUT2D eigenvalue weighted by molar-refractivity contribution is 6.04. The molecule has 0 N–H and O–H groups in total. The highest BCUT2D eigenvalue weighted by Gasteiger charge is 2.37. The van der Waals surface area contributed by atoms with Crippen molar-refractivity contribution in [2.75, 3.05) is 0 Å². The number of carbonyl (C=O) groups excluding carboxylic acids is 1. The van der Waals surface area contributed by atoms with E-state index in [2.05, 4.69) is 20.4 Å². The Morgan fingerprint density at radius 3 is 2.54 bits per heavy atom. The average molecular weight is 176 g/mol. The van der Waals surface area contributed by atoms with E-state index >= 15 is 0 Å². The van der Waals surface area contributed by atoms with E-state index in [0.717, 1.165) is 11.1 Å². The van der Waals surface area contributed by atoms with Gasteiger partial charge in [0.05, 0.1) is 0 Å². The molecule has 0 radical (unpaired) electrons. The lowest BCUT2D eigenvalue weighted by molar-refractivity contribution is -0.115. The number of carbonyl (C=O) groups is 1. The van der Waals surface area contributed by atoms with Gasteiger partial charge in [0, 0.05) is 12.0 Å². The molecule has 0 bridgehead atoms. The van der Waals surface area contributed by atoms with Crippen molar-refractivity contribution in [2.24, 2.45) is 5.41 Å². The van der Waals surface area contributed by atoms with Crippen LogP contribution in [0.5, 0.6) is 0 Å².